The summed E-state index contributed by atoms with van der Waals surface area (Å²) < 4.78 is 6.07. The standard InChI is InChI=1S/C18H22O2/c1-16(2)12-18(19,17(3,4)20-16)15-10-9-13-7-5-6-8-14(13)11-15/h5-11,19H,12H2,1-4H3. The van der Waals surface area contributed by atoms with E-state index in [-0.39, 0.29) is 5.60 Å². The molecule has 2 nitrogen and oxygen atoms in total. The van der Waals surface area contributed by atoms with Gasteiger partial charge in [-0.2, -0.15) is 0 Å². The lowest BCUT2D eigenvalue weighted by atomic mass is 9.77. The van der Waals surface area contributed by atoms with Crippen molar-refractivity contribution in [1.29, 1.82) is 0 Å². The SMILES string of the molecule is CC1(C)CC(O)(c2ccc3ccccc3c2)C(C)(C)O1. The maximum absolute atomic E-state index is 11.3. The largest absolute Gasteiger partial charge is 0.382 e. The van der Waals surface area contributed by atoms with Crippen molar-refractivity contribution in [1.82, 2.24) is 0 Å². The summed E-state index contributed by atoms with van der Waals surface area (Å²) in [4.78, 5) is 0. The van der Waals surface area contributed by atoms with Gasteiger partial charge in [0.2, 0.25) is 0 Å². The van der Waals surface area contributed by atoms with Crippen LogP contribution in [0.15, 0.2) is 42.5 Å². The van der Waals surface area contributed by atoms with Crippen LogP contribution in [0.2, 0.25) is 0 Å². The van der Waals surface area contributed by atoms with Crippen LogP contribution in [-0.4, -0.2) is 16.3 Å². The molecule has 2 heteroatoms. The van der Waals surface area contributed by atoms with Crippen LogP contribution >= 0.6 is 0 Å². The van der Waals surface area contributed by atoms with Crippen molar-refractivity contribution in [3.63, 3.8) is 0 Å². The van der Waals surface area contributed by atoms with Gasteiger partial charge in [0.15, 0.2) is 0 Å². The first kappa shape index (κ1) is 13.6. The van der Waals surface area contributed by atoms with Gasteiger partial charge in [0.05, 0.1) is 11.2 Å². The fourth-order valence-electron chi connectivity index (χ4n) is 3.54. The summed E-state index contributed by atoms with van der Waals surface area (Å²) in [7, 11) is 0. The molecule has 1 aliphatic rings. The third-order valence-corrected chi connectivity index (χ3v) is 4.44. The molecule has 1 saturated heterocycles. The van der Waals surface area contributed by atoms with Gasteiger partial charge in [-0.05, 0) is 50.1 Å². The minimum absolute atomic E-state index is 0.316. The van der Waals surface area contributed by atoms with Crippen molar-refractivity contribution < 1.29 is 9.84 Å². The molecule has 1 fully saturated rings. The predicted molar refractivity (Wildman–Crippen MR) is 81.7 cm³/mol. The summed E-state index contributed by atoms with van der Waals surface area (Å²) in [6, 6.07) is 14.4. The summed E-state index contributed by atoms with van der Waals surface area (Å²) in [5.41, 5.74) is -0.935. The Kier molecular flexibility index (Phi) is 2.76. The van der Waals surface area contributed by atoms with E-state index in [1.54, 1.807) is 0 Å². The van der Waals surface area contributed by atoms with Crippen LogP contribution < -0.4 is 0 Å². The van der Waals surface area contributed by atoms with Gasteiger partial charge >= 0.3 is 0 Å². The molecular formula is C18H22O2. The molecule has 20 heavy (non-hydrogen) atoms. The molecule has 3 rings (SSSR count). The van der Waals surface area contributed by atoms with Gasteiger partial charge in [0, 0.05) is 6.42 Å². The molecule has 106 valence electrons. The Labute approximate surface area is 120 Å². The van der Waals surface area contributed by atoms with Crippen LogP contribution in [0.1, 0.15) is 39.7 Å². The Morgan fingerprint density at radius 1 is 0.950 bits per heavy atom. The number of rotatable bonds is 1. The van der Waals surface area contributed by atoms with Crippen LogP contribution in [0.3, 0.4) is 0 Å². The fraction of sp³-hybridized carbons (Fsp3) is 0.444. The first-order valence-corrected chi connectivity index (χ1v) is 7.15. The highest BCUT2D eigenvalue weighted by atomic mass is 16.5. The fourth-order valence-corrected chi connectivity index (χ4v) is 3.54. The third kappa shape index (κ3) is 1.95. The van der Waals surface area contributed by atoms with Gasteiger partial charge in [-0.25, -0.2) is 0 Å². The van der Waals surface area contributed by atoms with E-state index in [1.807, 2.05) is 45.9 Å². The number of aliphatic hydroxyl groups is 1. The van der Waals surface area contributed by atoms with Crippen LogP contribution in [-0.2, 0) is 10.3 Å². The zero-order valence-electron chi connectivity index (χ0n) is 12.6. The van der Waals surface area contributed by atoms with Crippen LogP contribution in [0, 0.1) is 0 Å². The summed E-state index contributed by atoms with van der Waals surface area (Å²) in [5.74, 6) is 0. The van der Waals surface area contributed by atoms with E-state index >= 15 is 0 Å². The molecule has 0 aromatic heterocycles. The van der Waals surface area contributed by atoms with Crippen molar-refractivity contribution >= 4 is 10.8 Å². The van der Waals surface area contributed by atoms with Crippen LogP contribution in [0.4, 0.5) is 0 Å². The van der Waals surface area contributed by atoms with E-state index in [4.69, 9.17) is 4.74 Å². The molecule has 0 aliphatic carbocycles. The molecule has 2 aromatic carbocycles. The van der Waals surface area contributed by atoms with Gasteiger partial charge in [0.1, 0.15) is 5.60 Å². The van der Waals surface area contributed by atoms with E-state index in [0.29, 0.717) is 6.42 Å². The van der Waals surface area contributed by atoms with Gasteiger partial charge < -0.3 is 9.84 Å². The Balaban J connectivity index is 2.14. The minimum Gasteiger partial charge on any atom is -0.382 e. The Morgan fingerprint density at radius 3 is 2.20 bits per heavy atom. The highest BCUT2D eigenvalue weighted by molar-refractivity contribution is 5.83. The Hall–Kier alpha value is -1.38. The molecule has 0 amide bonds. The second-order valence-corrected chi connectivity index (χ2v) is 6.97. The smallest absolute Gasteiger partial charge is 0.121 e. The predicted octanol–water partition coefficient (Wildman–Crippen LogP) is 4.00. The van der Waals surface area contributed by atoms with Gasteiger partial charge in [-0.3, -0.25) is 0 Å². The minimum atomic E-state index is -0.958. The van der Waals surface area contributed by atoms with Crippen LogP contribution in [0.5, 0.6) is 0 Å². The topological polar surface area (TPSA) is 29.5 Å². The van der Waals surface area contributed by atoms with Gasteiger partial charge in [-0.15, -0.1) is 0 Å². The quantitative estimate of drug-likeness (QED) is 0.848. The highest BCUT2D eigenvalue weighted by Crippen LogP contribution is 2.51. The Bertz CT molecular complexity index is 657. The maximum Gasteiger partial charge on any atom is 0.121 e. The second kappa shape index (κ2) is 4.06. The summed E-state index contributed by atoms with van der Waals surface area (Å²) in [5, 5.41) is 13.6. The number of ether oxygens (including phenoxy) is 1. The molecule has 1 heterocycles. The third-order valence-electron chi connectivity index (χ3n) is 4.44. The molecule has 1 aliphatic heterocycles. The van der Waals surface area contributed by atoms with Gasteiger partial charge in [0.25, 0.3) is 0 Å². The second-order valence-electron chi connectivity index (χ2n) is 6.97. The summed E-state index contributed by atoms with van der Waals surface area (Å²) >= 11 is 0. The van der Waals surface area contributed by atoms with Crippen LogP contribution in [0.25, 0.3) is 10.8 Å². The molecule has 0 radical (unpaired) electrons. The first-order chi connectivity index (χ1) is 9.24. The molecule has 2 aromatic rings. The average Bonchev–Trinajstić information content (AvgIpc) is 2.53. The first-order valence-electron chi connectivity index (χ1n) is 7.15. The van der Waals surface area contributed by atoms with E-state index in [0.717, 1.165) is 10.9 Å². The van der Waals surface area contributed by atoms with Crippen molar-refractivity contribution in [2.75, 3.05) is 0 Å². The van der Waals surface area contributed by atoms with Crippen molar-refractivity contribution in [2.45, 2.75) is 50.9 Å². The number of hydrogen-bond acceptors (Lipinski definition) is 2. The molecule has 0 saturated carbocycles. The Morgan fingerprint density at radius 2 is 1.60 bits per heavy atom. The molecule has 1 unspecified atom stereocenters. The maximum atomic E-state index is 11.3. The summed E-state index contributed by atoms with van der Waals surface area (Å²) in [6.07, 6.45) is 0.603. The molecule has 1 N–H and O–H groups in total. The molecule has 1 atom stereocenters. The van der Waals surface area contributed by atoms with E-state index in [1.165, 1.54) is 5.39 Å². The van der Waals surface area contributed by atoms with Crippen molar-refractivity contribution in [3.8, 4) is 0 Å². The lowest BCUT2D eigenvalue weighted by Crippen LogP contribution is -2.43. The zero-order valence-corrected chi connectivity index (χ0v) is 12.6. The monoisotopic (exact) mass is 270 g/mol. The number of benzene rings is 2. The van der Waals surface area contributed by atoms with Gasteiger partial charge in [-0.1, -0.05) is 36.4 Å². The van der Waals surface area contributed by atoms with E-state index < -0.39 is 11.2 Å². The van der Waals surface area contributed by atoms with Crippen molar-refractivity contribution in [2.24, 2.45) is 0 Å². The van der Waals surface area contributed by atoms with Crippen molar-refractivity contribution in [3.05, 3.63) is 48.0 Å². The molecule has 0 spiro atoms. The highest BCUT2D eigenvalue weighted by Gasteiger charge is 2.57. The summed E-state index contributed by atoms with van der Waals surface area (Å²) in [6.45, 7) is 8.01. The normalized spacial score (nSPS) is 27.9. The zero-order chi connectivity index (χ0) is 14.6. The lowest BCUT2D eigenvalue weighted by Gasteiger charge is -2.35. The number of hydrogen-bond donors (Lipinski definition) is 1. The molecule has 0 bridgehead atoms. The average molecular weight is 270 g/mol. The van der Waals surface area contributed by atoms with E-state index in [9.17, 15) is 5.11 Å². The number of fused-ring (bicyclic) bond motifs is 1. The van der Waals surface area contributed by atoms with E-state index in [2.05, 4.69) is 24.3 Å². The lowest BCUT2D eigenvalue weighted by molar-refractivity contribution is -0.129. The molecular weight excluding hydrogens is 248 g/mol.